The quantitative estimate of drug-likeness (QED) is 0.465. The van der Waals surface area contributed by atoms with Crippen LogP contribution in [-0.4, -0.2) is 85.1 Å². The van der Waals surface area contributed by atoms with Crippen LogP contribution in [0.1, 0.15) is 40.9 Å². The second-order valence-corrected chi connectivity index (χ2v) is 12.6. The standard InChI is InChI=1S/C23H29F2N5O4S2/c24-17-3-1-4-18(25)19(17)20(31)21-22(26)28-23(35-21)27-14-5-8-30(9-6-14)36(32,33)10-2-7-29-12-16-11-15(29)13-34-16/h1,3-4,14-16H,2,5-13,26H2,(H,27,28)/t15-,16+/m1/s1. The number of nitrogens with zero attached hydrogens (tertiary/aromatic N) is 3. The molecule has 196 valence electrons. The van der Waals surface area contributed by atoms with Crippen molar-refractivity contribution < 1.29 is 26.7 Å². The Kier molecular flexibility index (Phi) is 7.27. The summed E-state index contributed by atoms with van der Waals surface area (Å²) >= 11 is 0.932. The molecule has 3 N–H and O–H groups in total. The molecular weight excluding hydrogens is 512 g/mol. The van der Waals surface area contributed by atoms with Crippen LogP contribution in [0.5, 0.6) is 0 Å². The van der Waals surface area contributed by atoms with Gasteiger partial charge >= 0.3 is 0 Å². The number of likely N-dealkylation sites (tertiary alicyclic amines) is 1. The van der Waals surface area contributed by atoms with E-state index in [4.69, 9.17) is 10.5 Å². The maximum absolute atomic E-state index is 14.0. The maximum atomic E-state index is 14.0. The summed E-state index contributed by atoms with van der Waals surface area (Å²) in [5, 5.41) is 3.55. The number of benzene rings is 1. The lowest BCUT2D eigenvalue weighted by atomic mass is 10.1. The number of carbonyl (C=O) groups excluding carboxylic acids is 1. The van der Waals surface area contributed by atoms with Gasteiger partial charge in [0.25, 0.3) is 0 Å². The van der Waals surface area contributed by atoms with E-state index in [1.54, 1.807) is 0 Å². The van der Waals surface area contributed by atoms with E-state index in [9.17, 15) is 22.0 Å². The van der Waals surface area contributed by atoms with E-state index in [1.165, 1.54) is 10.4 Å². The average molecular weight is 542 g/mol. The number of thiazole rings is 1. The first-order chi connectivity index (χ1) is 17.2. The van der Waals surface area contributed by atoms with Crippen LogP contribution in [0.15, 0.2) is 18.2 Å². The van der Waals surface area contributed by atoms with Gasteiger partial charge in [0, 0.05) is 31.7 Å². The number of nitrogen functional groups attached to an aromatic ring is 1. The Morgan fingerprint density at radius 3 is 2.61 bits per heavy atom. The molecule has 0 unspecified atom stereocenters. The van der Waals surface area contributed by atoms with Gasteiger partial charge in [-0.25, -0.2) is 26.5 Å². The van der Waals surface area contributed by atoms with Gasteiger partial charge in [-0.3, -0.25) is 9.69 Å². The van der Waals surface area contributed by atoms with Crippen molar-refractivity contribution >= 4 is 38.1 Å². The highest BCUT2D eigenvalue weighted by atomic mass is 32.2. The van der Waals surface area contributed by atoms with Gasteiger partial charge in [-0.2, -0.15) is 0 Å². The SMILES string of the molecule is Nc1nc(NC2CCN(S(=O)(=O)CCCN3C[C@@H]4C[C@@H]3CO4)CC2)sc1C(=O)c1c(F)cccc1F. The van der Waals surface area contributed by atoms with Gasteiger partial charge in [0.15, 0.2) is 5.13 Å². The highest BCUT2D eigenvalue weighted by molar-refractivity contribution is 7.89. The van der Waals surface area contributed by atoms with Crippen molar-refractivity contribution in [2.75, 3.05) is 49.6 Å². The van der Waals surface area contributed by atoms with E-state index in [-0.39, 0.29) is 22.5 Å². The number of fused-ring (bicyclic) bond motifs is 2. The Balaban J connectivity index is 1.12. The summed E-state index contributed by atoms with van der Waals surface area (Å²) in [5.41, 5.74) is 5.21. The minimum atomic E-state index is -3.34. The van der Waals surface area contributed by atoms with Crippen molar-refractivity contribution in [1.29, 1.82) is 0 Å². The zero-order valence-electron chi connectivity index (χ0n) is 19.7. The van der Waals surface area contributed by atoms with Gasteiger partial charge in [0.1, 0.15) is 22.3 Å². The topological polar surface area (TPSA) is 118 Å². The Bertz CT molecular complexity index is 1210. The van der Waals surface area contributed by atoms with Crippen molar-refractivity contribution in [3.8, 4) is 0 Å². The molecule has 3 saturated heterocycles. The highest BCUT2D eigenvalue weighted by Crippen LogP contribution is 2.31. The number of ketones is 1. The summed E-state index contributed by atoms with van der Waals surface area (Å²) in [4.78, 5) is 19.1. The Hall–Kier alpha value is -2.19. The van der Waals surface area contributed by atoms with Crippen LogP contribution in [0.25, 0.3) is 0 Å². The summed E-state index contributed by atoms with van der Waals surface area (Å²) in [7, 11) is -3.34. The van der Waals surface area contributed by atoms with Crippen molar-refractivity contribution in [2.24, 2.45) is 0 Å². The van der Waals surface area contributed by atoms with Crippen molar-refractivity contribution in [1.82, 2.24) is 14.2 Å². The summed E-state index contributed by atoms with van der Waals surface area (Å²) in [6.45, 7) is 3.18. The first kappa shape index (κ1) is 25.5. The minimum absolute atomic E-state index is 0.0423. The Labute approximate surface area is 212 Å². The van der Waals surface area contributed by atoms with Gasteiger partial charge in [-0.05, 0) is 44.4 Å². The largest absolute Gasteiger partial charge is 0.382 e. The van der Waals surface area contributed by atoms with Crippen LogP contribution in [-0.2, 0) is 14.8 Å². The lowest BCUT2D eigenvalue weighted by Crippen LogP contribution is -2.44. The van der Waals surface area contributed by atoms with Crippen LogP contribution in [0, 0.1) is 11.6 Å². The maximum Gasteiger partial charge on any atom is 0.214 e. The number of piperidine rings is 1. The molecule has 1 aromatic carbocycles. The molecule has 2 atom stereocenters. The van der Waals surface area contributed by atoms with Gasteiger partial charge < -0.3 is 15.8 Å². The number of carbonyl (C=O) groups is 1. The zero-order chi connectivity index (χ0) is 25.4. The molecular formula is C23H29F2N5O4S2. The number of halogens is 2. The van der Waals surface area contributed by atoms with Crippen molar-refractivity contribution in [3.05, 3.63) is 40.3 Å². The van der Waals surface area contributed by atoms with Crippen LogP contribution in [0.3, 0.4) is 0 Å². The Morgan fingerprint density at radius 2 is 1.97 bits per heavy atom. The molecule has 0 radical (unpaired) electrons. The molecule has 2 bridgehead atoms. The minimum Gasteiger partial charge on any atom is -0.382 e. The number of sulfonamides is 1. The second kappa shape index (κ2) is 10.3. The lowest BCUT2D eigenvalue weighted by molar-refractivity contribution is 0.0308. The van der Waals surface area contributed by atoms with E-state index < -0.39 is 33.0 Å². The molecule has 3 fully saturated rings. The predicted octanol–water partition coefficient (Wildman–Crippen LogP) is 2.30. The fourth-order valence-corrected chi connectivity index (χ4v) is 7.60. The summed E-state index contributed by atoms with van der Waals surface area (Å²) in [6.07, 6.45) is 3.09. The third-order valence-electron chi connectivity index (χ3n) is 7.09. The number of anilines is 2. The average Bonchev–Trinajstić information content (AvgIpc) is 3.55. The third-order valence-corrected chi connectivity index (χ3v) is 10.0. The molecule has 9 nitrogen and oxygen atoms in total. The molecule has 0 saturated carbocycles. The Morgan fingerprint density at radius 1 is 1.25 bits per heavy atom. The number of hydrogen-bond acceptors (Lipinski definition) is 9. The monoisotopic (exact) mass is 541 g/mol. The van der Waals surface area contributed by atoms with Crippen LogP contribution in [0.4, 0.5) is 19.7 Å². The normalized spacial score (nSPS) is 23.4. The molecule has 0 spiro atoms. The van der Waals surface area contributed by atoms with Crippen LogP contribution < -0.4 is 11.1 Å². The smallest absolute Gasteiger partial charge is 0.214 e. The number of aromatic nitrogens is 1. The number of morpholine rings is 1. The number of ether oxygens (including phenoxy) is 1. The van der Waals surface area contributed by atoms with E-state index in [2.05, 4.69) is 15.2 Å². The molecule has 0 amide bonds. The molecule has 4 heterocycles. The zero-order valence-corrected chi connectivity index (χ0v) is 21.3. The first-order valence-electron chi connectivity index (χ1n) is 12.1. The molecule has 3 aliphatic rings. The van der Waals surface area contributed by atoms with Crippen LogP contribution in [0.2, 0.25) is 0 Å². The summed E-state index contributed by atoms with van der Waals surface area (Å²) in [5.74, 6) is -2.76. The number of nitrogens with one attached hydrogen (secondary N) is 1. The lowest BCUT2D eigenvalue weighted by Gasteiger charge is -2.32. The molecule has 1 aromatic heterocycles. The van der Waals surface area contributed by atoms with Gasteiger partial charge in [0.05, 0.1) is 24.0 Å². The molecule has 13 heteroatoms. The van der Waals surface area contributed by atoms with Gasteiger partial charge in [-0.15, -0.1) is 0 Å². The highest BCUT2D eigenvalue weighted by Gasteiger charge is 2.38. The summed E-state index contributed by atoms with van der Waals surface area (Å²) in [6, 6.07) is 3.58. The number of nitrogens with two attached hydrogens (primary N) is 1. The number of rotatable bonds is 9. The molecule has 36 heavy (non-hydrogen) atoms. The van der Waals surface area contributed by atoms with E-state index >= 15 is 0 Å². The van der Waals surface area contributed by atoms with E-state index in [0.717, 1.165) is 49.6 Å². The fraction of sp³-hybridized carbons (Fsp3) is 0.565. The van der Waals surface area contributed by atoms with Crippen molar-refractivity contribution in [3.63, 3.8) is 0 Å². The van der Waals surface area contributed by atoms with Gasteiger partial charge in [-0.1, -0.05) is 17.4 Å². The fourth-order valence-electron chi connectivity index (χ4n) is 5.17. The first-order valence-corrected chi connectivity index (χ1v) is 14.5. The molecule has 3 aliphatic heterocycles. The third kappa shape index (κ3) is 5.25. The van der Waals surface area contributed by atoms with Crippen LogP contribution >= 0.6 is 11.3 Å². The summed E-state index contributed by atoms with van der Waals surface area (Å²) < 4.78 is 60.9. The van der Waals surface area contributed by atoms with Crippen molar-refractivity contribution in [2.45, 2.75) is 43.9 Å². The van der Waals surface area contributed by atoms with E-state index in [0.29, 0.717) is 49.6 Å². The molecule has 0 aliphatic carbocycles. The molecule has 2 aromatic rings. The van der Waals surface area contributed by atoms with E-state index in [1.807, 2.05) is 0 Å². The predicted molar refractivity (Wildman–Crippen MR) is 133 cm³/mol. The number of hydrogen-bond donors (Lipinski definition) is 2. The second-order valence-electron chi connectivity index (χ2n) is 9.49. The van der Waals surface area contributed by atoms with Gasteiger partial charge in [0.2, 0.25) is 15.8 Å². The molecule has 5 rings (SSSR count).